The van der Waals surface area contributed by atoms with Crippen molar-refractivity contribution in [2.24, 2.45) is 0 Å². The molecule has 1 rings (SSSR count). The molecule has 11 heavy (non-hydrogen) atoms. The molecule has 0 radical (unpaired) electrons. The molecule has 0 aromatic heterocycles. The number of epoxide rings is 1. The number of hydrogen-bond acceptors (Lipinski definition) is 2. The van der Waals surface area contributed by atoms with Crippen LogP contribution in [0.3, 0.4) is 0 Å². The molecule has 5 heteroatoms. The summed E-state index contributed by atoms with van der Waals surface area (Å²) in [5.41, 5.74) is 0. The van der Waals surface area contributed by atoms with Crippen LogP contribution in [0.1, 0.15) is 0 Å². The molecule has 0 bridgehead atoms. The second kappa shape index (κ2) is 3.40. The van der Waals surface area contributed by atoms with Gasteiger partial charge in [-0.15, -0.1) is 0 Å². The van der Waals surface area contributed by atoms with Crippen LogP contribution < -0.4 is 0 Å². The number of ether oxygens (including phenoxy) is 2. The Kier molecular flexibility index (Phi) is 2.72. The third kappa shape index (κ3) is 3.57. The first kappa shape index (κ1) is 8.80. The highest BCUT2D eigenvalue weighted by Crippen LogP contribution is 2.16. The Labute approximate surface area is 62.3 Å². The van der Waals surface area contributed by atoms with Crippen LogP contribution in [0, 0.1) is 0 Å². The molecule has 1 fully saturated rings. The number of alkyl halides is 3. The molecule has 0 aliphatic carbocycles. The third-order valence-corrected chi connectivity index (χ3v) is 1.21. The fourth-order valence-electron chi connectivity index (χ4n) is 0.543. The highest BCUT2D eigenvalue weighted by Gasteiger charge is 2.31. The van der Waals surface area contributed by atoms with E-state index in [1.165, 1.54) is 0 Å². The van der Waals surface area contributed by atoms with Gasteiger partial charge in [-0.1, -0.05) is 0 Å². The summed E-state index contributed by atoms with van der Waals surface area (Å²) in [6, 6.07) is 0. The Morgan fingerprint density at radius 3 is 2.64 bits per heavy atom. The van der Waals surface area contributed by atoms with Crippen molar-refractivity contribution in [1.82, 2.24) is 0 Å². The number of halogens is 3. The molecule has 1 aliphatic heterocycles. The Hall–Kier alpha value is -0.290. The summed E-state index contributed by atoms with van der Waals surface area (Å²) in [6.45, 7) is -1.83. The van der Waals surface area contributed by atoms with Gasteiger partial charge in [0.05, 0.1) is 13.2 Å². The smallest absolute Gasteiger partial charge is 0.298 e. The summed E-state index contributed by atoms with van der Waals surface area (Å²) in [4.78, 5) is 0. The summed E-state index contributed by atoms with van der Waals surface area (Å²) in [5, 5.41) is 0. The molecule has 2 nitrogen and oxygen atoms in total. The summed E-state index contributed by atoms with van der Waals surface area (Å²) < 4.78 is 44.8. The molecule has 1 atom stereocenters. The second-order valence-corrected chi connectivity index (χ2v) is 2.46. The van der Waals surface area contributed by atoms with Crippen LogP contribution in [0.5, 0.6) is 0 Å². The van der Waals surface area contributed by atoms with Crippen LogP contribution in [0.2, 0.25) is 0 Å². The summed E-state index contributed by atoms with van der Waals surface area (Å²) in [6.07, 6.45) is -0.0505. The van der Waals surface area contributed by atoms with Crippen molar-refractivity contribution in [1.29, 1.82) is 0 Å². The van der Waals surface area contributed by atoms with E-state index < -0.39 is 19.2 Å². The topological polar surface area (TPSA) is 21.8 Å². The molecule has 0 aromatic rings. The van der Waals surface area contributed by atoms with Gasteiger partial charge in [0.25, 0.3) is 5.92 Å². The fraction of sp³-hybridized carbons (Fsp3) is 1.00. The van der Waals surface area contributed by atoms with Crippen molar-refractivity contribution in [2.45, 2.75) is 12.0 Å². The van der Waals surface area contributed by atoms with E-state index in [-0.39, 0.29) is 12.7 Å². The van der Waals surface area contributed by atoms with Crippen LogP contribution in [-0.2, 0) is 9.47 Å². The fourth-order valence-corrected chi connectivity index (χ4v) is 0.543. The molecular weight excluding hydrogens is 161 g/mol. The first-order valence-corrected chi connectivity index (χ1v) is 3.27. The van der Waals surface area contributed by atoms with Gasteiger partial charge in [0.1, 0.15) is 12.7 Å². The summed E-state index contributed by atoms with van der Waals surface area (Å²) in [5.74, 6) is -3.34. The van der Waals surface area contributed by atoms with Crippen molar-refractivity contribution in [3.8, 4) is 0 Å². The Balaban J connectivity index is 1.99. The first-order valence-electron chi connectivity index (χ1n) is 3.27. The Bertz CT molecular complexity index is 125. The molecule has 1 saturated heterocycles. The molecule has 1 unspecified atom stereocenters. The second-order valence-electron chi connectivity index (χ2n) is 2.46. The maximum atomic E-state index is 12.1. The Morgan fingerprint density at radius 2 is 2.18 bits per heavy atom. The van der Waals surface area contributed by atoms with E-state index in [1.807, 2.05) is 0 Å². The van der Waals surface area contributed by atoms with Gasteiger partial charge in [0.15, 0.2) is 6.67 Å². The third-order valence-electron chi connectivity index (χ3n) is 1.21. The van der Waals surface area contributed by atoms with Crippen molar-refractivity contribution >= 4 is 0 Å². The van der Waals surface area contributed by atoms with Crippen molar-refractivity contribution in [2.75, 3.05) is 26.5 Å². The van der Waals surface area contributed by atoms with Gasteiger partial charge in [-0.05, 0) is 0 Å². The molecule has 0 spiro atoms. The monoisotopic (exact) mass is 170 g/mol. The first-order chi connectivity index (χ1) is 5.14. The lowest BCUT2D eigenvalue weighted by molar-refractivity contribution is -0.0917. The largest absolute Gasteiger partial charge is 0.372 e. The van der Waals surface area contributed by atoms with Crippen molar-refractivity contribution in [3.63, 3.8) is 0 Å². The van der Waals surface area contributed by atoms with Crippen LogP contribution in [0.4, 0.5) is 13.2 Å². The SMILES string of the molecule is FCC(F)(F)COCC1CO1. The van der Waals surface area contributed by atoms with Gasteiger partial charge in [-0.3, -0.25) is 0 Å². The minimum absolute atomic E-state index is 0.0505. The van der Waals surface area contributed by atoms with E-state index in [4.69, 9.17) is 4.74 Å². The van der Waals surface area contributed by atoms with E-state index in [2.05, 4.69) is 4.74 Å². The molecule has 0 amide bonds. The standard InChI is InChI=1S/C6H9F3O2/c7-3-6(8,9)4-10-1-5-2-11-5/h5H,1-4H2. The van der Waals surface area contributed by atoms with Crippen molar-refractivity contribution < 1.29 is 22.6 Å². The Morgan fingerprint density at radius 1 is 1.55 bits per heavy atom. The molecular formula is C6H9F3O2. The van der Waals surface area contributed by atoms with Gasteiger partial charge in [0.2, 0.25) is 0 Å². The lowest BCUT2D eigenvalue weighted by Gasteiger charge is -2.10. The van der Waals surface area contributed by atoms with Gasteiger partial charge >= 0.3 is 0 Å². The van der Waals surface area contributed by atoms with Gasteiger partial charge in [-0.25, -0.2) is 13.2 Å². The molecule has 0 aromatic carbocycles. The quantitative estimate of drug-likeness (QED) is 0.574. The minimum atomic E-state index is -3.34. The zero-order valence-corrected chi connectivity index (χ0v) is 5.86. The van der Waals surface area contributed by atoms with E-state index in [9.17, 15) is 13.2 Å². The molecule has 0 N–H and O–H groups in total. The van der Waals surface area contributed by atoms with Crippen molar-refractivity contribution in [3.05, 3.63) is 0 Å². The lowest BCUT2D eigenvalue weighted by Crippen LogP contribution is -2.27. The lowest BCUT2D eigenvalue weighted by atomic mass is 10.4. The highest BCUT2D eigenvalue weighted by atomic mass is 19.3. The highest BCUT2D eigenvalue weighted by molar-refractivity contribution is 4.69. The van der Waals surface area contributed by atoms with Gasteiger partial charge in [-0.2, -0.15) is 0 Å². The number of hydrogen-bond donors (Lipinski definition) is 0. The van der Waals surface area contributed by atoms with Gasteiger partial charge in [0, 0.05) is 0 Å². The predicted molar refractivity (Wildman–Crippen MR) is 31.5 cm³/mol. The zero-order chi connectivity index (χ0) is 8.32. The predicted octanol–water partition coefficient (Wildman–Crippen LogP) is 1.01. The summed E-state index contributed by atoms with van der Waals surface area (Å²) >= 11 is 0. The maximum Gasteiger partial charge on any atom is 0.298 e. The van der Waals surface area contributed by atoms with Gasteiger partial charge < -0.3 is 9.47 Å². The van der Waals surface area contributed by atoms with Crippen LogP contribution in [0.15, 0.2) is 0 Å². The van der Waals surface area contributed by atoms with Crippen LogP contribution >= 0.6 is 0 Å². The minimum Gasteiger partial charge on any atom is -0.372 e. The zero-order valence-electron chi connectivity index (χ0n) is 5.86. The molecule has 66 valence electrons. The average Bonchev–Trinajstić information content (AvgIpc) is 2.71. The average molecular weight is 170 g/mol. The van der Waals surface area contributed by atoms with Crippen LogP contribution in [0.25, 0.3) is 0 Å². The number of rotatable bonds is 5. The maximum absolute atomic E-state index is 12.1. The van der Waals surface area contributed by atoms with E-state index >= 15 is 0 Å². The van der Waals surface area contributed by atoms with E-state index in [0.29, 0.717) is 6.61 Å². The molecule has 1 aliphatic rings. The molecule has 0 saturated carbocycles. The summed E-state index contributed by atoms with van der Waals surface area (Å²) in [7, 11) is 0. The normalized spacial score (nSPS) is 23.7. The van der Waals surface area contributed by atoms with E-state index in [1.54, 1.807) is 0 Å². The molecule has 1 heterocycles. The van der Waals surface area contributed by atoms with Crippen LogP contribution in [-0.4, -0.2) is 38.5 Å². The van der Waals surface area contributed by atoms with E-state index in [0.717, 1.165) is 0 Å².